The van der Waals surface area contributed by atoms with Gasteiger partial charge in [0.15, 0.2) is 11.5 Å². The molecule has 3 aromatic rings. The van der Waals surface area contributed by atoms with Crippen molar-refractivity contribution in [3.05, 3.63) is 80.5 Å². The molecule has 1 unspecified atom stereocenters. The maximum atomic E-state index is 12.8. The molecule has 2 heterocycles. The second-order valence-electron chi connectivity index (χ2n) is 6.91. The summed E-state index contributed by atoms with van der Waals surface area (Å²) in [5, 5.41) is 3.21. The molecule has 0 spiro atoms. The normalized spacial score (nSPS) is 14.1. The lowest BCUT2D eigenvalue weighted by Crippen LogP contribution is -2.28. The van der Waals surface area contributed by atoms with Crippen LogP contribution in [-0.4, -0.2) is 19.1 Å². The zero-order chi connectivity index (χ0) is 20.1. The number of thiophene rings is 1. The van der Waals surface area contributed by atoms with Crippen LogP contribution in [0, 0.1) is 0 Å². The van der Waals surface area contributed by atoms with Crippen LogP contribution in [0.4, 0.5) is 0 Å². The Hall–Kier alpha value is -2.31. The predicted molar refractivity (Wildman–Crippen MR) is 119 cm³/mol. The molecule has 0 fully saturated rings. The van der Waals surface area contributed by atoms with Gasteiger partial charge in [0.05, 0.1) is 27.9 Å². The van der Waals surface area contributed by atoms with E-state index in [9.17, 15) is 4.79 Å². The zero-order valence-electron chi connectivity index (χ0n) is 15.9. The first kappa shape index (κ1) is 20.0. The van der Waals surface area contributed by atoms with Gasteiger partial charge in [-0.05, 0) is 64.2 Å². The van der Waals surface area contributed by atoms with E-state index in [0.29, 0.717) is 18.1 Å². The number of fused-ring (bicyclic) bond motifs is 1. The largest absolute Gasteiger partial charge is 0.490 e. The third-order valence-corrected chi connectivity index (χ3v) is 6.46. The van der Waals surface area contributed by atoms with E-state index in [1.165, 1.54) is 16.9 Å². The van der Waals surface area contributed by atoms with E-state index in [4.69, 9.17) is 9.47 Å². The third-order valence-electron chi connectivity index (χ3n) is 4.84. The minimum atomic E-state index is -0.124. The Morgan fingerprint density at radius 2 is 1.83 bits per heavy atom. The Balaban J connectivity index is 1.56. The van der Waals surface area contributed by atoms with Gasteiger partial charge in [-0.2, -0.15) is 0 Å². The van der Waals surface area contributed by atoms with Crippen molar-refractivity contribution < 1.29 is 14.3 Å². The van der Waals surface area contributed by atoms with Gasteiger partial charge in [0.1, 0.15) is 0 Å². The van der Waals surface area contributed by atoms with Crippen molar-refractivity contribution in [3.63, 3.8) is 0 Å². The number of aryl methyl sites for hydroxylation is 1. The number of nitrogens with one attached hydrogen (secondary N) is 1. The molecule has 4 nitrogen and oxygen atoms in total. The molecule has 0 aliphatic carbocycles. The number of rotatable bonds is 6. The lowest BCUT2D eigenvalue weighted by molar-refractivity contribution is 0.0938. The van der Waals surface area contributed by atoms with Crippen molar-refractivity contribution in [1.29, 1.82) is 0 Å². The SMILES string of the molecule is O=C(NC(CCc1ccccc1)c1ccc2c(c1)OCCCO2)c1ccc(Br)s1. The van der Waals surface area contributed by atoms with Gasteiger partial charge in [-0.15, -0.1) is 11.3 Å². The van der Waals surface area contributed by atoms with Gasteiger partial charge < -0.3 is 14.8 Å². The van der Waals surface area contributed by atoms with E-state index in [2.05, 4.69) is 33.4 Å². The van der Waals surface area contributed by atoms with Crippen LogP contribution in [0.25, 0.3) is 0 Å². The Labute approximate surface area is 183 Å². The Morgan fingerprint density at radius 3 is 2.59 bits per heavy atom. The van der Waals surface area contributed by atoms with Gasteiger partial charge in [-0.1, -0.05) is 36.4 Å². The van der Waals surface area contributed by atoms with Gasteiger partial charge in [-0.25, -0.2) is 0 Å². The molecule has 1 amide bonds. The van der Waals surface area contributed by atoms with Crippen LogP contribution in [-0.2, 0) is 6.42 Å². The van der Waals surface area contributed by atoms with Crippen molar-refractivity contribution in [2.75, 3.05) is 13.2 Å². The maximum absolute atomic E-state index is 12.8. The number of ether oxygens (including phenoxy) is 2. The quantitative estimate of drug-likeness (QED) is 0.495. The molecule has 4 rings (SSSR count). The summed E-state index contributed by atoms with van der Waals surface area (Å²) in [5.41, 5.74) is 2.27. The second-order valence-corrected chi connectivity index (χ2v) is 9.37. The highest BCUT2D eigenvalue weighted by atomic mass is 79.9. The first-order valence-corrected chi connectivity index (χ1v) is 11.3. The molecule has 1 N–H and O–H groups in total. The fourth-order valence-corrected chi connectivity index (χ4v) is 4.63. The average Bonchev–Trinajstić information content (AvgIpc) is 3.05. The summed E-state index contributed by atoms with van der Waals surface area (Å²) in [7, 11) is 0. The summed E-state index contributed by atoms with van der Waals surface area (Å²) in [6, 6.07) is 19.9. The van der Waals surface area contributed by atoms with E-state index in [1.807, 2.05) is 48.5 Å². The van der Waals surface area contributed by atoms with Gasteiger partial charge in [0.25, 0.3) is 5.91 Å². The Bertz CT molecular complexity index is 973. The monoisotopic (exact) mass is 471 g/mol. The molecule has 1 aromatic heterocycles. The molecule has 1 aliphatic heterocycles. The maximum Gasteiger partial charge on any atom is 0.261 e. The standard InChI is InChI=1S/C23H22BrNO3S/c24-22-12-11-21(29-22)23(26)25-18(9-7-16-5-2-1-3-6-16)17-8-10-19-20(15-17)28-14-4-13-27-19/h1-3,5-6,8,10-12,15,18H,4,7,9,13-14H2,(H,25,26). The van der Waals surface area contributed by atoms with Crippen molar-refractivity contribution in [1.82, 2.24) is 5.32 Å². The first-order chi connectivity index (χ1) is 14.2. The van der Waals surface area contributed by atoms with E-state index in [1.54, 1.807) is 0 Å². The van der Waals surface area contributed by atoms with Gasteiger partial charge in [-0.3, -0.25) is 4.79 Å². The van der Waals surface area contributed by atoms with E-state index < -0.39 is 0 Å². The van der Waals surface area contributed by atoms with Crippen LogP contribution in [0.3, 0.4) is 0 Å². The van der Waals surface area contributed by atoms with E-state index in [0.717, 1.165) is 40.1 Å². The van der Waals surface area contributed by atoms with Gasteiger partial charge in [0, 0.05) is 6.42 Å². The lowest BCUT2D eigenvalue weighted by Gasteiger charge is -2.20. The summed E-state index contributed by atoms with van der Waals surface area (Å²) < 4.78 is 12.5. The third kappa shape index (κ3) is 5.19. The number of carbonyl (C=O) groups is 1. The van der Waals surface area contributed by atoms with E-state index in [-0.39, 0.29) is 11.9 Å². The lowest BCUT2D eigenvalue weighted by atomic mass is 9.98. The summed E-state index contributed by atoms with van der Waals surface area (Å²) in [6.07, 6.45) is 2.53. The highest BCUT2D eigenvalue weighted by Gasteiger charge is 2.20. The molecular weight excluding hydrogens is 450 g/mol. The molecule has 0 saturated carbocycles. The van der Waals surface area contributed by atoms with Crippen LogP contribution >= 0.6 is 27.3 Å². The number of benzene rings is 2. The summed E-state index contributed by atoms with van der Waals surface area (Å²) in [5.74, 6) is 1.45. The van der Waals surface area contributed by atoms with Crippen LogP contribution in [0.15, 0.2) is 64.5 Å². The van der Waals surface area contributed by atoms with Crippen LogP contribution in [0.1, 0.15) is 39.7 Å². The average molecular weight is 472 g/mol. The number of amides is 1. The number of halogens is 1. The van der Waals surface area contributed by atoms with Crippen molar-refractivity contribution in [3.8, 4) is 11.5 Å². The fraction of sp³-hybridized carbons (Fsp3) is 0.261. The molecule has 0 bridgehead atoms. The van der Waals surface area contributed by atoms with E-state index >= 15 is 0 Å². The Morgan fingerprint density at radius 1 is 1.03 bits per heavy atom. The van der Waals surface area contributed by atoms with Gasteiger partial charge in [0.2, 0.25) is 0 Å². The van der Waals surface area contributed by atoms with Crippen molar-refractivity contribution in [2.45, 2.75) is 25.3 Å². The second kappa shape index (κ2) is 9.46. The van der Waals surface area contributed by atoms with Crippen LogP contribution < -0.4 is 14.8 Å². The minimum absolute atomic E-state index is 0.0640. The molecule has 150 valence electrons. The Kier molecular flexibility index (Phi) is 6.52. The highest BCUT2D eigenvalue weighted by Crippen LogP contribution is 2.34. The van der Waals surface area contributed by atoms with Crippen LogP contribution in [0.5, 0.6) is 11.5 Å². The topological polar surface area (TPSA) is 47.6 Å². The molecule has 1 aliphatic rings. The van der Waals surface area contributed by atoms with Crippen molar-refractivity contribution >= 4 is 33.2 Å². The summed E-state index contributed by atoms with van der Waals surface area (Å²) in [6.45, 7) is 1.30. The smallest absolute Gasteiger partial charge is 0.261 e. The zero-order valence-corrected chi connectivity index (χ0v) is 18.3. The number of carbonyl (C=O) groups excluding carboxylic acids is 1. The molecule has 0 radical (unpaired) electrons. The molecular formula is C23H22BrNO3S. The minimum Gasteiger partial charge on any atom is -0.490 e. The summed E-state index contributed by atoms with van der Waals surface area (Å²) in [4.78, 5) is 13.5. The number of hydrogen-bond acceptors (Lipinski definition) is 4. The molecule has 0 saturated heterocycles. The highest BCUT2D eigenvalue weighted by molar-refractivity contribution is 9.11. The molecule has 6 heteroatoms. The first-order valence-electron chi connectivity index (χ1n) is 9.69. The predicted octanol–water partition coefficient (Wildman–Crippen LogP) is 5.78. The molecule has 2 aromatic carbocycles. The molecule has 29 heavy (non-hydrogen) atoms. The fourth-order valence-electron chi connectivity index (χ4n) is 3.34. The van der Waals surface area contributed by atoms with Gasteiger partial charge >= 0.3 is 0 Å². The van der Waals surface area contributed by atoms with Crippen molar-refractivity contribution in [2.24, 2.45) is 0 Å². The number of hydrogen-bond donors (Lipinski definition) is 1. The molecule has 1 atom stereocenters. The van der Waals surface area contributed by atoms with Crippen LogP contribution in [0.2, 0.25) is 0 Å². The summed E-state index contributed by atoms with van der Waals surface area (Å²) >= 11 is 4.86.